The number of aryl methyl sites for hydroxylation is 1. The van der Waals surface area contributed by atoms with Gasteiger partial charge in [-0.2, -0.15) is 0 Å². The number of hydrogen-bond acceptors (Lipinski definition) is 6. The number of carbonyl (C=O) groups excluding carboxylic acids is 2. The van der Waals surface area contributed by atoms with Crippen LogP contribution < -0.4 is 25.4 Å². The average molecular weight is 518 g/mol. The van der Waals surface area contributed by atoms with E-state index < -0.39 is 18.1 Å². The molecular weight excluding hydrogens is 490 g/mol. The molecule has 0 spiro atoms. The largest absolute Gasteiger partial charge is 0.493 e. The molecule has 0 aliphatic carbocycles. The lowest BCUT2D eigenvalue weighted by Gasteiger charge is -2.31. The number of halogens is 1. The Morgan fingerprint density at radius 1 is 1.23 bits per heavy atom. The number of esters is 1. The maximum Gasteiger partial charge on any atom is 0.347 e. The number of anilines is 1. The van der Waals surface area contributed by atoms with Gasteiger partial charge in [0.2, 0.25) is 0 Å². The van der Waals surface area contributed by atoms with E-state index in [1.807, 2.05) is 31.2 Å². The van der Waals surface area contributed by atoms with Crippen LogP contribution in [0, 0.1) is 6.92 Å². The molecule has 10 heteroatoms. The molecule has 2 aromatic rings. The van der Waals surface area contributed by atoms with E-state index in [9.17, 15) is 9.59 Å². The first-order valence-electron chi connectivity index (χ1n) is 11.0. The second kappa shape index (κ2) is 11.4. The second-order valence-electron chi connectivity index (χ2n) is 7.94. The van der Waals surface area contributed by atoms with Crippen LogP contribution in [0.25, 0.3) is 0 Å². The van der Waals surface area contributed by atoms with Crippen LogP contribution in [0.5, 0.6) is 11.5 Å². The van der Waals surface area contributed by atoms with Gasteiger partial charge in [-0.05, 0) is 75.3 Å². The summed E-state index contributed by atoms with van der Waals surface area (Å²) in [5.41, 5.74) is 3.37. The van der Waals surface area contributed by atoms with Crippen LogP contribution in [-0.2, 0) is 14.3 Å². The molecule has 2 aromatic carbocycles. The van der Waals surface area contributed by atoms with Crippen molar-refractivity contribution in [3.8, 4) is 11.5 Å². The predicted molar refractivity (Wildman–Crippen MR) is 139 cm³/mol. The zero-order chi connectivity index (χ0) is 25.7. The normalized spacial score (nSPS) is 16.1. The van der Waals surface area contributed by atoms with E-state index in [0.29, 0.717) is 33.4 Å². The van der Waals surface area contributed by atoms with Gasteiger partial charge in [0.15, 0.2) is 22.7 Å². The summed E-state index contributed by atoms with van der Waals surface area (Å²) in [6.45, 7) is 7.24. The second-order valence-corrected chi connectivity index (χ2v) is 8.76. The van der Waals surface area contributed by atoms with Crippen molar-refractivity contribution in [2.75, 3.05) is 19.0 Å². The Morgan fingerprint density at radius 2 is 1.97 bits per heavy atom. The van der Waals surface area contributed by atoms with E-state index in [0.717, 1.165) is 5.56 Å². The monoisotopic (exact) mass is 517 g/mol. The number of methoxy groups -OCH3 is 1. The van der Waals surface area contributed by atoms with Crippen LogP contribution in [0.1, 0.15) is 37.9 Å². The Labute approximate surface area is 215 Å². The van der Waals surface area contributed by atoms with Crippen molar-refractivity contribution in [3.05, 3.63) is 63.8 Å². The minimum absolute atomic E-state index is 0.196. The van der Waals surface area contributed by atoms with Gasteiger partial charge in [0.25, 0.3) is 5.91 Å². The lowest BCUT2D eigenvalue weighted by Crippen LogP contribution is -2.45. The predicted octanol–water partition coefficient (Wildman–Crippen LogP) is 4.42. The first kappa shape index (κ1) is 26.3. The van der Waals surface area contributed by atoms with Crippen LogP contribution >= 0.6 is 23.8 Å². The summed E-state index contributed by atoms with van der Waals surface area (Å²) in [4.78, 5) is 25.4. The maximum absolute atomic E-state index is 13.3. The lowest BCUT2D eigenvalue weighted by molar-refractivity contribution is -0.150. The molecule has 1 aliphatic heterocycles. The molecule has 0 saturated carbocycles. The van der Waals surface area contributed by atoms with Crippen molar-refractivity contribution in [3.63, 3.8) is 0 Å². The van der Waals surface area contributed by atoms with Crippen LogP contribution in [-0.4, -0.2) is 36.8 Å². The van der Waals surface area contributed by atoms with Gasteiger partial charge in [0, 0.05) is 11.4 Å². The third-order valence-electron chi connectivity index (χ3n) is 5.29. The molecule has 2 atom stereocenters. The van der Waals surface area contributed by atoms with E-state index in [4.69, 9.17) is 38.0 Å². The summed E-state index contributed by atoms with van der Waals surface area (Å²) in [6.07, 6.45) is -0.894. The molecule has 3 rings (SSSR count). The zero-order valence-electron chi connectivity index (χ0n) is 20.2. The first-order valence-corrected chi connectivity index (χ1v) is 11.8. The van der Waals surface area contributed by atoms with Crippen molar-refractivity contribution in [1.82, 2.24) is 10.6 Å². The topological polar surface area (TPSA) is 97.9 Å². The number of hydrogen-bond donors (Lipinski definition) is 3. The van der Waals surface area contributed by atoms with E-state index in [1.165, 1.54) is 7.11 Å². The quantitative estimate of drug-likeness (QED) is 0.350. The summed E-state index contributed by atoms with van der Waals surface area (Å²) in [6, 6.07) is 10.3. The highest BCUT2D eigenvalue weighted by atomic mass is 35.5. The number of ether oxygens (including phenoxy) is 3. The van der Waals surface area contributed by atoms with Crippen LogP contribution in [0.15, 0.2) is 47.7 Å². The number of rotatable bonds is 8. The van der Waals surface area contributed by atoms with Crippen LogP contribution in [0.2, 0.25) is 5.02 Å². The summed E-state index contributed by atoms with van der Waals surface area (Å²) in [7, 11) is 1.46. The van der Waals surface area contributed by atoms with Crippen molar-refractivity contribution < 1.29 is 23.8 Å². The van der Waals surface area contributed by atoms with Crippen molar-refractivity contribution in [2.45, 2.75) is 39.8 Å². The number of carbonyl (C=O) groups is 2. The summed E-state index contributed by atoms with van der Waals surface area (Å²) < 4.78 is 16.2. The van der Waals surface area contributed by atoms with Gasteiger partial charge in [-0.3, -0.25) is 4.79 Å². The average Bonchev–Trinajstić information content (AvgIpc) is 2.79. The summed E-state index contributed by atoms with van der Waals surface area (Å²) in [5, 5.41) is 9.66. The molecule has 0 unspecified atom stereocenters. The van der Waals surface area contributed by atoms with Crippen LogP contribution in [0.4, 0.5) is 5.69 Å². The van der Waals surface area contributed by atoms with E-state index >= 15 is 0 Å². The van der Waals surface area contributed by atoms with Crippen molar-refractivity contribution >= 4 is 46.5 Å². The third kappa shape index (κ3) is 6.23. The fourth-order valence-electron chi connectivity index (χ4n) is 3.67. The van der Waals surface area contributed by atoms with Gasteiger partial charge in [-0.25, -0.2) is 4.79 Å². The fraction of sp³-hybridized carbons (Fsp3) is 0.320. The van der Waals surface area contributed by atoms with Crippen molar-refractivity contribution in [2.24, 2.45) is 0 Å². The highest BCUT2D eigenvalue weighted by Crippen LogP contribution is 2.40. The van der Waals surface area contributed by atoms with Gasteiger partial charge in [-0.15, -0.1) is 0 Å². The molecule has 3 N–H and O–H groups in total. The van der Waals surface area contributed by atoms with Gasteiger partial charge < -0.3 is 30.2 Å². The van der Waals surface area contributed by atoms with Gasteiger partial charge in [-0.1, -0.05) is 23.7 Å². The number of allylic oxidation sites excluding steroid dienone is 1. The molecule has 0 saturated heterocycles. The summed E-state index contributed by atoms with van der Waals surface area (Å²) >= 11 is 11.9. The lowest BCUT2D eigenvalue weighted by atomic mass is 9.94. The summed E-state index contributed by atoms with van der Waals surface area (Å²) in [5.74, 6) is -0.326. The highest BCUT2D eigenvalue weighted by molar-refractivity contribution is 7.80. The van der Waals surface area contributed by atoms with E-state index in [2.05, 4.69) is 16.0 Å². The van der Waals surface area contributed by atoms with E-state index in [1.54, 1.807) is 32.9 Å². The number of nitrogens with one attached hydrogen (secondary N) is 3. The third-order valence-corrected chi connectivity index (χ3v) is 5.79. The Kier molecular flexibility index (Phi) is 8.58. The maximum atomic E-state index is 13.3. The molecule has 1 aliphatic rings. The minimum Gasteiger partial charge on any atom is -0.493 e. The standard InChI is InChI=1S/C25H28ClN3O5S/c1-6-33-24(31)15(4)34-22-18(26)11-16(12-19(22)32-5)21-20(14(3)27-25(35)29-21)23(30)28-17-9-7-8-13(2)10-17/h7-12,15,21H,6H2,1-5H3,(H,28,30)(H2,27,29,35)/t15-,21-/m0/s1. The van der Waals surface area contributed by atoms with Crippen LogP contribution in [0.3, 0.4) is 0 Å². The highest BCUT2D eigenvalue weighted by Gasteiger charge is 2.32. The first-order chi connectivity index (χ1) is 16.6. The Bertz CT molecular complexity index is 1180. The van der Waals surface area contributed by atoms with Crippen molar-refractivity contribution in [1.29, 1.82) is 0 Å². The molecule has 186 valence electrons. The number of thiocarbonyl (C=S) groups is 1. The van der Waals surface area contributed by atoms with Gasteiger partial charge in [0.1, 0.15) is 0 Å². The molecule has 0 aromatic heterocycles. The molecule has 1 amide bonds. The van der Waals surface area contributed by atoms with E-state index in [-0.39, 0.29) is 23.3 Å². The molecule has 0 radical (unpaired) electrons. The molecule has 0 bridgehead atoms. The molecular formula is C25H28ClN3O5S. The molecule has 1 heterocycles. The smallest absolute Gasteiger partial charge is 0.347 e. The number of benzene rings is 2. The Hall–Kier alpha value is -3.30. The number of amides is 1. The molecule has 0 fully saturated rings. The molecule has 35 heavy (non-hydrogen) atoms. The van der Waals surface area contributed by atoms with Gasteiger partial charge >= 0.3 is 5.97 Å². The van der Waals surface area contributed by atoms with Gasteiger partial charge in [0.05, 0.1) is 30.4 Å². The Balaban J connectivity index is 1.97. The minimum atomic E-state index is -0.894. The zero-order valence-corrected chi connectivity index (χ0v) is 21.7. The molecule has 8 nitrogen and oxygen atoms in total. The SMILES string of the molecule is CCOC(=O)[C@H](C)Oc1c(Cl)cc([C@@H]2NC(=S)NC(C)=C2C(=O)Nc2cccc(C)c2)cc1OC. The fourth-order valence-corrected chi connectivity index (χ4v) is 4.21. The Morgan fingerprint density at radius 3 is 2.63 bits per heavy atom.